The van der Waals surface area contributed by atoms with Gasteiger partial charge in [-0.1, -0.05) is 139 Å². The minimum absolute atomic E-state index is 0.280. The van der Waals surface area contributed by atoms with E-state index in [9.17, 15) is 5.11 Å². The lowest BCUT2D eigenvalue weighted by molar-refractivity contribution is 0.0591. The van der Waals surface area contributed by atoms with Crippen LogP contribution in [0.15, 0.2) is 115 Å². The number of hydrogen-bond acceptors (Lipinski definition) is 3. The maximum Gasteiger partial charge on any atom is 0.167 e. The molecule has 0 bridgehead atoms. The summed E-state index contributed by atoms with van der Waals surface area (Å²) in [6, 6.07) is 38.7. The molecule has 32 heavy (non-hydrogen) atoms. The van der Waals surface area contributed by atoms with Crippen LogP contribution in [0.1, 0.15) is 22.7 Å². The molecule has 1 saturated heterocycles. The molecule has 2 unspecified atom stereocenters. The van der Waals surface area contributed by atoms with Crippen LogP contribution in [-0.4, -0.2) is 14.3 Å². The van der Waals surface area contributed by atoms with Crippen molar-refractivity contribution in [3.63, 3.8) is 0 Å². The monoisotopic (exact) mass is 453 g/mol. The zero-order chi connectivity index (χ0) is 22.0. The van der Waals surface area contributed by atoms with Crippen molar-refractivity contribution in [2.75, 3.05) is 0 Å². The third kappa shape index (κ3) is 3.97. The zero-order valence-corrected chi connectivity index (χ0v) is 19.1. The summed E-state index contributed by atoms with van der Waals surface area (Å²) in [6.45, 7) is 0.635. The Labute approximate surface area is 198 Å². The van der Waals surface area contributed by atoms with Crippen LogP contribution in [0.25, 0.3) is 11.1 Å². The molecule has 1 N–H and O–H groups in total. The van der Waals surface area contributed by atoms with Crippen molar-refractivity contribution in [2.24, 2.45) is 0 Å². The Morgan fingerprint density at radius 1 is 0.719 bits per heavy atom. The Balaban J connectivity index is 1.49. The van der Waals surface area contributed by atoms with Crippen LogP contribution in [-0.2, 0) is 11.5 Å². The van der Waals surface area contributed by atoms with E-state index in [0.29, 0.717) is 10.9 Å². The van der Waals surface area contributed by atoms with E-state index >= 15 is 0 Å². The lowest BCUT2D eigenvalue weighted by atomic mass is 9.93. The number of benzene rings is 4. The molecule has 0 saturated carbocycles. The molecule has 0 aliphatic carbocycles. The molecule has 1 heterocycles. The molecule has 5 rings (SSSR count). The van der Waals surface area contributed by atoms with Crippen LogP contribution >= 0.6 is 24.0 Å². The lowest BCUT2D eigenvalue weighted by Crippen LogP contribution is -2.35. The normalized spacial score (nSPS) is 20.5. The zero-order valence-electron chi connectivity index (χ0n) is 17.5. The summed E-state index contributed by atoms with van der Waals surface area (Å²) in [5.41, 5.74) is 5.46. The average molecular weight is 454 g/mol. The molecule has 4 heteroatoms. The lowest BCUT2D eigenvalue weighted by Gasteiger charge is -2.34. The van der Waals surface area contributed by atoms with Crippen molar-refractivity contribution >= 4 is 28.3 Å². The minimum Gasteiger partial charge on any atom is -0.372 e. The van der Waals surface area contributed by atoms with Crippen molar-refractivity contribution in [3.8, 4) is 11.1 Å². The van der Waals surface area contributed by atoms with E-state index in [1.807, 2.05) is 54.6 Å². The molecular weight excluding hydrogens is 430 g/mol. The van der Waals surface area contributed by atoms with Gasteiger partial charge in [-0.25, -0.2) is 0 Å². The van der Waals surface area contributed by atoms with Crippen LogP contribution in [0.5, 0.6) is 0 Å². The van der Waals surface area contributed by atoms with Gasteiger partial charge in [0.25, 0.3) is 0 Å². The molecule has 2 atom stereocenters. The first kappa shape index (κ1) is 21.0. The van der Waals surface area contributed by atoms with Gasteiger partial charge in [0.05, 0.1) is 6.04 Å². The first-order valence-electron chi connectivity index (χ1n) is 10.6. The fraction of sp³-hybridized carbons (Fsp3) is 0.107. The second-order valence-electron chi connectivity index (χ2n) is 7.93. The Hall–Kier alpha value is -2.92. The van der Waals surface area contributed by atoms with E-state index < -0.39 is 4.93 Å². The molecule has 1 aliphatic rings. The van der Waals surface area contributed by atoms with Gasteiger partial charge in [-0.2, -0.15) is 0 Å². The third-order valence-corrected chi connectivity index (χ3v) is 7.54. The van der Waals surface area contributed by atoms with Crippen molar-refractivity contribution < 1.29 is 5.11 Å². The number of thioether (sulfide) groups is 1. The molecule has 2 nitrogen and oxygen atoms in total. The average Bonchev–Trinajstić information content (AvgIpc) is 3.11. The van der Waals surface area contributed by atoms with Crippen molar-refractivity contribution in [1.82, 2.24) is 4.90 Å². The molecule has 0 radical (unpaired) electrons. The molecular formula is C28H23NOS2. The van der Waals surface area contributed by atoms with E-state index in [0.717, 1.165) is 16.7 Å². The first-order chi connectivity index (χ1) is 15.6. The highest BCUT2D eigenvalue weighted by Gasteiger charge is 2.51. The smallest absolute Gasteiger partial charge is 0.167 e. The third-order valence-electron chi connectivity index (χ3n) is 5.88. The van der Waals surface area contributed by atoms with Gasteiger partial charge in [0.2, 0.25) is 0 Å². The fourth-order valence-electron chi connectivity index (χ4n) is 4.28. The molecule has 0 spiro atoms. The Morgan fingerprint density at radius 3 is 1.88 bits per heavy atom. The predicted octanol–water partition coefficient (Wildman–Crippen LogP) is 6.77. The largest absolute Gasteiger partial charge is 0.372 e. The summed E-state index contributed by atoms with van der Waals surface area (Å²) in [5.74, 6) is 0. The summed E-state index contributed by atoms with van der Waals surface area (Å²) in [6.07, 6.45) is 0. The second kappa shape index (κ2) is 8.91. The van der Waals surface area contributed by atoms with Crippen molar-refractivity contribution in [1.29, 1.82) is 0 Å². The van der Waals surface area contributed by atoms with Gasteiger partial charge in [-0.15, -0.1) is 0 Å². The highest BCUT2D eigenvalue weighted by molar-refractivity contribution is 8.23. The Bertz CT molecular complexity index is 1200. The van der Waals surface area contributed by atoms with Crippen LogP contribution in [0.2, 0.25) is 0 Å². The number of hydrogen-bond donors (Lipinski definition) is 1. The van der Waals surface area contributed by atoms with E-state index in [4.69, 9.17) is 12.2 Å². The molecule has 1 aliphatic heterocycles. The predicted molar refractivity (Wildman–Crippen MR) is 137 cm³/mol. The van der Waals surface area contributed by atoms with Crippen LogP contribution in [0.3, 0.4) is 0 Å². The molecule has 0 amide bonds. The fourth-order valence-corrected chi connectivity index (χ4v) is 6.02. The van der Waals surface area contributed by atoms with Gasteiger partial charge < -0.3 is 10.0 Å². The van der Waals surface area contributed by atoms with Gasteiger partial charge in [0.15, 0.2) is 4.93 Å². The summed E-state index contributed by atoms with van der Waals surface area (Å²) < 4.78 is 0.706. The SMILES string of the molecule is OC1(c2ccccc2)SC(=S)N(Cc2ccc(-c3ccccc3)cc2)C1c1ccccc1. The van der Waals surface area contributed by atoms with Crippen molar-refractivity contribution in [2.45, 2.75) is 17.5 Å². The number of thiocarbonyl (C=S) groups is 1. The maximum absolute atomic E-state index is 11.9. The minimum atomic E-state index is -1.15. The highest BCUT2D eigenvalue weighted by atomic mass is 32.2. The van der Waals surface area contributed by atoms with Gasteiger partial charge in [-0.05, 0) is 27.8 Å². The van der Waals surface area contributed by atoms with E-state index in [1.165, 1.54) is 22.9 Å². The molecule has 1 fully saturated rings. The highest BCUT2D eigenvalue weighted by Crippen LogP contribution is 2.55. The van der Waals surface area contributed by atoms with Gasteiger partial charge in [0.1, 0.15) is 4.32 Å². The summed E-state index contributed by atoms with van der Waals surface area (Å²) >= 11 is 7.16. The van der Waals surface area contributed by atoms with E-state index in [1.54, 1.807) is 0 Å². The summed E-state index contributed by atoms with van der Waals surface area (Å²) in [5, 5.41) is 11.9. The summed E-state index contributed by atoms with van der Waals surface area (Å²) in [4.78, 5) is 1.00. The van der Waals surface area contributed by atoms with Crippen LogP contribution < -0.4 is 0 Å². The Kier molecular flexibility index (Phi) is 5.83. The van der Waals surface area contributed by atoms with Gasteiger partial charge in [-0.3, -0.25) is 0 Å². The number of rotatable bonds is 5. The quantitative estimate of drug-likeness (QED) is 0.337. The summed E-state index contributed by atoms with van der Waals surface area (Å²) in [7, 11) is 0. The number of aliphatic hydroxyl groups is 1. The van der Waals surface area contributed by atoms with Gasteiger partial charge in [0, 0.05) is 6.54 Å². The van der Waals surface area contributed by atoms with Crippen LogP contribution in [0.4, 0.5) is 0 Å². The van der Waals surface area contributed by atoms with Crippen LogP contribution in [0, 0.1) is 0 Å². The molecule has 0 aromatic heterocycles. The second-order valence-corrected chi connectivity index (χ2v) is 9.79. The van der Waals surface area contributed by atoms with E-state index in [-0.39, 0.29) is 6.04 Å². The Morgan fingerprint density at radius 2 is 1.25 bits per heavy atom. The molecule has 4 aromatic carbocycles. The molecule has 4 aromatic rings. The van der Waals surface area contributed by atoms with E-state index in [2.05, 4.69) is 65.6 Å². The number of nitrogens with zero attached hydrogens (tertiary/aromatic N) is 1. The standard InChI is InChI=1S/C28H23NOS2/c30-28(25-14-8-3-9-15-25)26(24-12-6-2-7-13-24)29(27(31)32-28)20-21-16-18-23(19-17-21)22-10-4-1-5-11-22/h1-19,26,30H,20H2. The topological polar surface area (TPSA) is 23.5 Å². The maximum atomic E-state index is 11.9. The molecule has 158 valence electrons. The first-order valence-corrected chi connectivity index (χ1v) is 11.8. The van der Waals surface area contributed by atoms with Gasteiger partial charge >= 0.3 is 0 Å². The van der Waals surface area contributed by atoms with Crippen molar-refractivity contribution in [3.05, 3.63) is 132 Å².